The van der Waals surface area contributed by atoms with Gasteiger partial charge in [-0.2, -0.15) is 0 Å². The molecule has 5 heteroatoms. The molecule has 0 saturated carbocycles. The van der Waals surface area contributed by atoms with Crippen LogP contribution in [0.25, 0.3) is 0 Å². The largest absolute Gasteiger partial charge is 0.407 e. The van der Waals surface area contributed by atoms with Crippen molar-refractivity contribution in [2.45, 2.75) is 141 Å². The lowest BCUT2D eigenvalue weighted by Gasteiger charge is -2.49. The van der Waals surface area contributed by atoms with Gasteiger partial charge in [0, 0.05) is 0 Å². The first-order valence-corrected chi connectivity index (χ1v) is 16.3. The van der Waals surface area contributed by atoms with E-state index in [4.69, 9.17) is 13.6 Å². The summed E-state index contributed by atoms with van der Waals surface area (Å²) in [4.78, 5) is 0. The van der Waals surface area contributed by atoms with Crippen LogP contribution in [-0.2, 0) is 13.6 Å². The molecule has 0 aromatic heterocycles. The topological polar surface area (TPSA) is 27.7 Å². The molecule has 2 aliphatic heterocycles. The maximum Gasteiger partial charge on any atom is 0.201 e. The fourth-order valence-electron chi connectivity index (χ4n) is 6.80. The Balaban J connectivity index is 2.43. The zero-order valence-electron chi connectivity index (χ0n) is 21.2. The van der Waals surface area contributed by atoms with Gasteiger partial charge in [0.1, 0.15) is 24.4 Å². The molecule has 0 radical (unpaired) electrons. The number of hydrogen-bond donors (Lipinski definition) is 0. The molecule has 29 heavy (non-hydrogen) atoms. The van der Waals surface area contributed by atoms with Gasteiger partial charge in [0.25, 0.3) is 0 Å². The second kappa shape index (κ2) is 9.27. The summed E-state index contributed by atoms with van der Waals surface area (Å²) in [6.45, 7) is 28.3. The van der Waals surface area contributed by atoms with E-state index in [1.165, 1.54) is 0 Å². The maximum atomic E-state index is 7.27. The van der Waals surface area contributed by atoms with Crippen molar-refractivity contribution in [3.05, 3.63) is 12.2 Å². The fraction of sp³-hybridized carbons (Fsp3) is 0.917. The highest BCUT2D eigenvalue weighted by atomic mass is 28.4. The van der Waals surface area contributed by atoms with Gasteiger partial charge < -0.3 is 13.6 Å². The molecule has 170 valence electrons. The second-order valence-corrected chi connectivity index (χ2v) is 22.1. The average Bonchev–Trinajstić information content (AvgIpc) is 3.16. The second-order valence-electron chi connectivity index (χ2n) is 11.3. The molecule has 0 amide bonds. The van der Waals surface area contributed by atoms with Gasteiger partial charge in [-0.3, -0.25) is 0 Å². The Kier molecular flexibility index (Phi) is 8.10. The quantitative estimate of drug-likeness (QED) is 0.261. The lowest BCUT2D eigenvalue weighted by Crippen LogP contribution is -2.58. The van der Waals surface area contributed by atoms with Crippen LogP contribution in [0.4, 0.5) is 0 Å². The van der Waals surface area contributed by atoms with Crippen LogP contribution in [0.15, 0.2) is 12.2 Å². The van der Waals surface area contributed by atoms with Crippen LogP contribution in [0.2, 0.25) is 33.2 Å². The highest BCUT2D eigenvalue weighted by molar-refractivity contribution is 6.78. The Morgan fingerprint density at radius 1 is 0.517 bits per heavy atom. The molecular weight excluding hydrogens is 392 g/mol. The van der Waals surface area contributed by atoms with Crippen molar-refractivity contribution in [2.24, 2.45) is 0 Å². The number of hydrogen-bond acceptors (Lipinski definition) is 3. The molecule has 0 unspecified atom stereocenters. The van der Waals surface area contributed by atoms with Gasteiger partial charge in [0.15, 0.2) is 0 Å². The van der Waals surface area contributed by atoms with Crippen molar-refractivity contribution in [3.8, 4) is 0 Å². The number of rotatable bonds is 10. The first kappa shape index (κ1) is 25.3. The van der Waals surface area contributed by atoms with E-state index in [0.717, 1.165) is 0 Å². The summed E-state index contributed by atoms with van der Waals surface area (Å²) >= 11 is 0. The van der Waals surface area contributed by atoms with Gasteiger partial charge >= 0.3 is 0 Å². The van der Waals surface area contributed by atoms with Crippen molar-refractivity contribution < 1.29 is 13.6 Å². The SMILES string of the molecule is CC(C)[Si](O[C@@H]1[C@H](O[Si](C(C)C)(C(C)C)C(C)C)[C@H]2C=C[C@@H]1O2)(C(C)C)C(C)C. The third-order valence-electron chi connectivity index (χ3n) is 7.87. The summed E-state index contributed by atoms with van der Waals surface area (Å²) < 4.78 is 20.9. The molecule has 1 saturated heterocycles. The van der Waals surface area contributed by atoms with E-state index < -0.39 is 16.6 Å². The van der Waals surface area contributed by atoms with Gasteiger partial charge in [-0.25, -0.2) is 0 Å². The standard InChI is InChI=1S/C24H48O3Si2/c1-15(2)28(16(3)4,17(5)6)26-23-21-13-14-22(25-21)24(23)27-29(18(7)8,19(9)10)20(11)12/h13-24H,1-12H3/t21-,22+,23-,24+. The fourth-order valence-corrected chi connectivity index (χ4v) is 17.9. The summed E-state index contributed by atoms with van der Waals surface area (Å²) in [7, 11) is -4.01. The monoisotopic (exact) mass is 440 g/mol. The highest BCUT2D eigenvalue weighted by Crippen LogP contribution is 2.49. The summed E-state index contributed by atoms with van der Waals surface area (Å²) in [6, 6.07) is 0. The summed E-state index contributed by atoms with van der Waals surface area (Å²) in [6.07, 6.45) is 4.61. The van der Waals surface area contributed by atoms with Crippen molar-refractivity contribution in [2.75, 3.05) is 0 Å². The Bertz CT molecular complexity index is 477. The van der Waals surface area contributed by atoms with Crippen LogP contribution in [0, 0.1) is 0 Å². The smallest absolute Gasteiger partial charge is 0.201 e. The maximum absolute atomic E-state index is 7.27. The van der Waals surface area contributed by atoms with Gasteiger partial charge in [-0.15, -0.1) is 0 Å². The molecule has 0 spiro atoms. The molecule has 1 fully saturated rings. The Hall–Kier alpha value is 0.0538. The predicted molar refractivity (Wildman–Crippen MR) is 130 cm³/mol. The summed E-state index contributed by atoms with van der Waals surface area (Å²) in [5, 5.41) is 0. The lowest BCUT2D eigenvalue weighted by atomic mass is 10.0. The van der Waals surface area contributed by atoms with E-state index in [1.807, 2.05) is 0 Å². The summed E-state index contributed by atoms with van der Waals surface area (Å²) in [5.41, 5.74) is 3.38. The lowest BCUT2D eigenvalue weighted by molar-refractivity contribution is 0.0449. The van der Waals surface area contributed by atoms with E-state index >= 15 is 0 Å². The highest BCUT2D eigenvalue weighted by Gasteiger charge is 2.57. The van der Waals surface area contributed by atoms with Crippen LogP contribution in [0.1, 0.15) is 83.1 Å². The van der Waals surface area contributed by atoms with E-state index in [1.54, 1.807) is 0 Å². The molecule has 3 nitrogen and oxygen atoms in total. The summed E-state index contributed by atoms with van der Waals surface area (Å²) in [5.74, 6) is 0. The van der Waals surface area contributed by atoms with Crippen LogP contribution in [0.3, 0.4) is 0 Å². The van der Waals surface area contributed by atoms with E-state index in [0.29, 0.717) is 33.2 Å². The first-order chi connectivity index (χ1) is 13.3. The van der Waals surface area contributed by atoms with Crippen LogP contribution in [-0.4, -0.2) is 41.1 Å². The molecule has 2 aliphatic rings. The van der Waals surface area contributed by atoms with Crippen LogP contribution in [0.5, 0.6) is 0 Å². The zero-order chi connectivity index (χ0) is 22.3. The zero-order valence-corrected chi connectivity index (χ0v) is 23.2. The first-order valence-electron chi connectivity index (χ1n) is 12.0. The third kappa shape index (κ3) is 4.24. The minimum Gasteiger partial charge on any atom is -0.407 e. The van der Waals surface area contributed by atoms with Crippen LogP contribution < -0.4 is 0 Å². The van der Waals surface area contributed by atoms with Gasteiger partial charge in [0.2, 0.25) is 16.6 Å². The van der Waals surface area contributed by atoms with Crippen molar-refractivity contribution >= 4 is 16.6 Å². The molecular formula is C24H48O3Si2. The van der Waals surface area contributed by atoms with Crippen molar-refractivity contribution in [1.29, 1.82) is 0 Å². The minimum atomic E-state index is -2.01. The van der Waals surface area contributed by atoms with Gasteiger partial charge in [-0.1, -0.05) is 95.2 Å². The number of fused-ring (bicyclic) bond motifs is 2. The molecule has 2 bridgehead atoms. The predicted octanol–water partition coefficient (Wildman–Crippen LogP) is 7.45. The molecule has 2 heterocycles. The average molecular weight is 441 g/mol. The van der Waals surface area contributed by atoms with Crippen molar-refractivity contribution in [1.82, 2.24) is 0 Å². The normalized spacial score (nSPS) is 27.8. The number of ether oxygens (including phenoxy) is 1. The van der Waals surface area contributed by atoms with Crippen molar-refractivity contribution in [3.63, 3.8) is 0 Å². The Labute approximate surface area is 183 Å². The van der Waals surface area contributed by atoms with Crippen LogP contribution >= 0.6 is 0 Å². The Morgan fingerprint density at radius 3 is 0.966 bits per heavy atom. The van der Waals surface area contributed by atoms with E-state index in [-0.39, 0.29) is 24.4 Å². The molecule has 0 aliphatic carbocycles. The van der Waals surface area contributed by atoms with E-state index in [2.05, 4.69) is 95.2 Å². The van der Waals surface area contributed by atoms with Gasteiger partial charge in [-0.05, 0) is 33.2 Å². The third-order valence-corrected chi connectivity index (χ3v) is 20.1. The molecule has 0 N–H and O–H groups in total. The molecule has 0 aromatic rings. The van der Waals surface area contributed by atoms with E-state index in [9.17, 15) is 0 Å². The molecule has 0 aromatic carbocycles. The van der Waals surface area contributed by atoms with Gasteiger partial charge in [0.05, 0.1) is 0 Å². The Morgan fingerprint density at radius 2 is 0.759 bits per heavy atom. The minimum absolute atomic E-state index is 0.0343. The molecule has 4 atom stereocenters. The molecule has 2 rings (SSSR count).